The number of carboxylic acids is 1. The molecule has 2 aromatic carbocycles. The Bertz CT molecular complexity index is 1200. The molecule has 246 valence electrons. The van der Waals surface area contributed by atoms with E-state index < -0.39 is 5.97 Å². The summed E-state index contributed by atoms with van der Waals surface area (Å²) in [5, 5.41) is 8.85. The maximum Gasteiger partial charge on any atom is 0.327 e. The summed E-state index contributed by atoms with van der Waals surface area (Å²) in [4.78, 5) is 24.1. The van der Waals surface area contributed by atoms with E-state index in [1.165, 1.54) is 18.9 Å². The molecule has 1 fully saturated rings. The number of Topliss-reactive ketones (excluding diaryl/α,β-unsaturated/α-hetero) is 1. The van der Waals surface area contributed by atoms with Gasteiger partial charge in [0.05, 0.1) is 39.6 Å². The van der Waals surface area contributed by atoms with Gasteiger partial charge in [0.15, 0.2) is 0 Å². The number of aliphatic carboxylic acids is 1. The standard InChI is InChI=1S/C38H52O7/c1-5-6-11-28(2)24-33(44-26-29-14-18-31(42-3)19-15-29)22-23-35-34(12-9-7-8-10-13-38(40)41)36(39)25-37(35)45-27-30-16-20-32(43-4)21-17-30/h10,13-23,28,33-35,37H,5-9,11-12,24-27H2,1-4H3,(H,40,41)/b13-10+,23-22+/t28-,33+,34+,35+,37+/m0/s1. The minimum Gasteiger partial charge on any atom is -0.497 e. The Morgan fingerprint density at radius 3 is 2.20 bits per heavy atom. The van der Waals surface area contributed by atoms with Gasteiger partial charge in [-0.15, -0.1) is 0 Å². The Kier molecular flexibility index (Phi) is 15.9. The van der Waals surface area contributed by atoms with Gasteiger partial charge >= 0.3 is 5.97 Å². The minimum atomic E-state index is -0.934. The van der Waals surface area contributed by atoms with Crippen molar-refractivity contribution in [2.24, 2.45) is 17.8 Å². The summed E-state index contributed by atoms with van der Waals surface area (Å²) in [6.45, 7) is 5.42. The van der Waals surface area contributed by atoms with Gasteiger partial charge < -0.3 is 24.1 Å². The van der Waals surface area contributed by atoms with Gasteiger partial charge in [0, 0.05) is 24.3 Å². The number of carbonyl (C=O) groups is 2. The van der Waals surface area contributed by atoms with Crippen LogP contribution in [0.5, 0.6) is 11.5 Å². The molecule has 0 spiro atoms. The number of allylic oxidation sites excluding steroid dienone is 1. The van der Waals surface area contributed by atoms with Crippen molar-refractivity contribution in [1.82, 2.24) is 0 Å². The Morgan fingerprint density at radius 2 is 1.60 bits per heavy atom. The van der Waals surface area contributed by atoms with E-state index in [2.05, 4.69) is 26.0 Å². The first-order valence-electron chi connectivity index (χ1n) is 16.4. The Hall–Kier alpha value is -3.42. The van der Waals surface area contributed by atoms with Crippen molar-refractivity contribution < 1.29 is 33.6 Å². The number of unbranched alkanes of at least 4 members (excludes halogenated alkanes) is 3. The minimum absolute atomic E-state index is 0.0525. The zero-order valence-electron chi connectivity index (χ0n) is 27.5. The van der Waals surface area contributed by atoms with Crippen LogP contribution in [-0.2, 0) is 32.3 Å². The summed E-state index contributed by atoms with van der Waals surface area (Å²) in [7, 11) is 3.31. The number of ether oxygens (including phenoxy) is 4. The summed E-state index contributed by atoms with van der Waals surface area (Å²) < 4.78 is 23.5. The molecular formula is C38H52O7. The molecule has 0 unspecified atom stereocenters. The van der Waals surface area contributed by atoms with Gasteiger partial charge in [-0.3, -0.25) is 4.79 Å². The molecular weight excluding hydrogens is 568 g/mol. The van der Waals surface area contributed by atoms with Gasteiger partial charge in [-0.25, -0.2) is 4.79 Å². The van der Waals surface area contributed by atoms with Crippen LogP contribution in [0.4, 0.5) is 0 Å². The van der Waals surface area contributed by atoms with Crippen LogP contribution in [0, 0.1) is 17.8 Å². The lowest BCUT2D eigenvalue weighted by Crippen LogP contribution is -2.23. The third kappa shape index (κ3) is 12.8. The molecule has 7 nitrogen and oxygen atoms in total. The molecule has 7 heteroatoms. The molecule has 0 saturated heterocycles. The number of rotatable bonds is 21. The van der Waals surface area contributed by atoms with Crippen molar-refractivity contribution in [3.05, 3.63) is 84.0 Å². The van der Waals surface area contributed by atoms with Gasteiger partial charge in [-0.1, -0.05) is 82.0 Å². The van der Waals surface area contributed by atoms with Crippen molar-refractivity contribution in [1.29, 1.82) is 0 Å². The van der Waals surface area contributed by atoms with E-state index in [0.29, 0.717) is 32.0 Å². The van der Waals surface area contributed by atoms with E-state index in [0.717, 1.165) is 54.7 Å². The molecule has 3 rings (SSSR count). The summed E-state index contributed by atoms with van der Waals surface area (Å²) in [5.74, 6) is 1.24. The number of carbonyl (C=O) groups excluding carboxylic acids is 1. The lowest BCUT2D eigenvalue weighted by Gasteiger charge is -2.24. The van der Waals surface area contributed by atoms with Crippen LogP contribution >= 0.6 is 0 Å². The predicted octanol–water partition coefficient (Wildman–Crippen LogP) is 8.35. The molecule has 0 aliphatic heterocycles. The molecule has 0 radical (unpaired) electrons. The largest absolute Gasteiger partial charge is 0.497 e. The number of benzene rings is 2. The highest BCUT2D eigenvalue weighted by Gasteiger charge is 2.41. The first-order chi connectivity index (χ1) is 21.8. The van der Waals surface area contributed by atoms with Crippen LogP contribution < -0.4 is 9.47 Å². The van der Waals surface area contributed by atoms with Crippen molar-refractivity contribution >= 4 is 11.8 Å². The van der Waals surface area contributed by atoms with E-state index in [-0.39, 0.29) is 29.8 Å². The normalized spacial score (nSPS) is 19.7. The molecule has 0 heterocycles. The molecule has 1 saturated carbocycles. The number of ketones is 1. The average Bonchev–Trinajstić information content (AvgIpc) is 3.35. The summed E-state index contributed by atoms with van der Waals surface area (Å²) in [6, 6.07) is 15.8. The van der Waals surface area contributed by atoms with E-state index in [1.54, 1.807) is 20.3 Å². The number of hydrogen-bond acceptors (Lipinski definition) is 6. The van der Waals surface area contributed by atoms with Crippen LogP contribution in [0.25, 0.3) is 0 Å². The smallest absolute Gasteiger partial charge is 0.327 e. The number of methoxy groups -OCH3 is 2. The average molecular weight is 621 g/mol. The second-order valence-electron chi connectivity index (χ2n) is 12.1. The van der Waals surface area contributed by atoms with Gasteiger partial charge in [0.2, 0.25) is 0 Å². The van der Waals surface area contributed by atoms with Gasteiger partial charge in [-0.2, -0.15) is 0 Å². The molecule has 1 aliphatic rings. The maximum absolute atomic E-state index is 13.3. The quantitative estimate of drug-likeness (QED) is 0.0852. The molecule has 0 amide bonds. The van der Waals surface area contributed by atoms with Gasteiger partial charge in [0.25, 0.3) is 0 Å². The van der Waals surface area contributed by atoms with E-state index in [9.17, 15) is 9.59 Å². The first-order valence-corrected chi connectivity index (χ1v) is 16.4. The van der Waals surface area contributed by atoms with E-state index in [4.69, 9.17) is 24.1 Å². The second kappa shape index (κ2) is 19.9. The number of carboxylic acid groups (broad SMARTS) is 1. The fraction of sp³-hybridized carbons (Fsp3) is 0.526. The Morgan fingerprint density at radius 1 is 0.956 bits per heavy atom. The molecule has 0 bridgehead atoms. The fourth-order valence-corrected chi connectivity index (χ4v) is 5.92. The number of hydrogen-bond donors (Lipinski definition) is 1. The van der Waals surface area contributed by atoms with Crippen LogP contribution in [0.15, 0.2) is 72.8 Å². The zero-order valence-corrected chi connectivity index (χ0v) is 27.5. The topological polar surface area (TPSA) is 91.3 Å². The monoisotopic (exact) mass is 620 g/mol. The lowest BCUT2D eigenvalue weighted by molar-refractivity contribution is -0.131. The van der Waals surface area contributed by atoms with Crippen molar-refractivity contribution in [3.63, 3.8) is 0 Å². The first kappa shape index (κ1) is 36.1. The molecule has 1 N–H and O–H groups in total. The van der Waals surface area contributed by atoms with Crippen LogP contribution in [-0.4, -0.2) is 43.3 Å². The highest BCUT2D eigenvalue weighted by Crippen LogP contribution is 2.37. The lowest BCUT2D eigenvalue weighted by atomic mass is 9.88. The van der Waals surface area contributed by atoms with Crippen LogP contribution in [0.2, 0.25) is 0 Å². The molecule has 0 aromatic heterocycles. The Balaban J connectivity index is 1.75. The summed E-state index contributed by atoms with van der Waals surface area (Å²) in [6.07, 6.45) is 14.8. The summed E-state index contributed by atoms with van der Waals surface area (Å²) in [5.41, 5.74) is 2.12. The van der Waals surface area contributed by atoms with E-state index in [1.807, 2.05) is 48.5 Å². The highest BCUT2D eigenvalue weighted by molar-refractivity contribution is 5.84. The van der Waals surface area contributed by atoms with Crippen molar-refractivity contribution in [3.8, 4) is 11.5 Å². The Labute approximate surface area is 269 Å². The van der Waals surface area contributed by atoms with Crippen LogP contribution in [0.3, 0.4) is 0 Å². The second-order valence-corrected chi connectivity index (χ2v) is 12.1. The highest BCUT2D eigenvalue weighted by atomic mass is 16.5. The molecule has 45 heavy (non-hydrogen) atoms. The molecule has 2 aromatic rings. The predicted molar refractivity (Wildman–Crippen MR) is 177 cm³/mol. The van der Waals surface area contributed by atoms with Crippen molar-refractivity contribution in [2.45, 2.75) is 97.1 Å². The molecule has 1 aliphatic carbocycles. The maximum atomic E-state index is 13.3. The zero-order chi connectivity index (χ0) is 32.4. The third-order valence-corrected chi connectivity index (χ3v) is 8.59. The van der Waals surface area contributed by atoms with Crippen molar-refractivity contribution in [2.75, 3.05) is 14.2 Å². The van der Waals surface area contributed by atoms with E-state index >= 15 is 0 Å². The van der Waals surface area contributed by atoms with Gasteiger partial charge in [-0.05, 0) is 67.0 Å². The molecule has 5 atom stereocenters. The summed E-state index contributed by atoms with van der Waals surface area (Å²) >= 11 is 0. The van der Waals surface area contributed by atoms with Gasteiger partial charge in [0.1, 0.15) is 17.3 Å². The SMILES string of the molecule is CCCC[C@H](C)C[C@@H](/C=C/[C@H]1[C@H](OCc2ccc(OC)cc2)CC(=O)[C@@H]1CCCC/C=C/C(=O)O)OCc1ccc(OC)cc1. The van der Waals surface area contributed by atoms with Crippen LogP contribution in [0.1, 0.15) is 82.8 Å². The fourth-order valence-electron chi connectivity index (χ4n) is 5.92. The third-order valence-electron chi connectivity index (χ3n) is 8.59.